The summed E-state index contributed by atoms with van der Waals surface area (Å²) >= 11 is 0. The zero-order valence-corrected chi connectivity index (χ0v) is 12.2. The van der Waals surface area contributed by atoms with Gasteiger partial charge in [-0.1, -0.05) is 18.2 Å². The van der Waals surface area contributed by atoms with Crippen LogP contribution in [0.2, 0.25) is 0 Å². The molecular weight excluding hydrogens is 238 g/mol. The molecule has 1 aromatic carbocycles. The van der Waals surface area contributed by atoms with Gasteiger partial charge in [0.05, 0.1) is 0 Å². The van der Waals surface area contributed by atoms with Gasteiger partial charge in [-0.25, -0.2) is 4.99 Å². The summed E-state index contributed by atoms with van der Waals surface area (Å²) < 4.78 is 0. The number of aliphatic imine (C=N–C) groups is 1. The van der Waals surface area contributed by atoms with Gasteiger partial charge in [-0.05, 0) is 51.3 Å². The van der Waals surface area contributed by atoms with Crippen molar-refractivity contribution >= 4 is 11.9 Å². The molecule has 1 atom stereocenters. The van der Waals surface area contributed by atoms with Gasteiger partial charge in [0.15, 0.2) is 12.0 Å². The van der Waals surface area contributed by atoms with Crippen LogP contribution in [0.3, 0.4) is 0 Å². The fraction of sp³-hybridized carbons (Fsp3) is 0.467. The Balaban J connectivity index is 2.25. The molecule has 0 saturated heterocycles. The molecular formula is C15H21N3O. The maximum atomic E-state index is 12.0. The SMILES string of the molecule is Cc1ccc(C2N=C(NC(C)(C)C)NC2=O)cc1C. The number of carbonyl (C=O) groups is 1. The van der Waals surface area contributed by atoms with E-state index < -0.39 is 6.04 Å². The second-order valence-electron chi connectivity index (χ2n) is 6.09. The van der Waals surface area contributed by atoms with Crippen molar-refractivity contribution in [2.24, 2.45) is 4.99 Å². The number of nitrogens with zero attached hydrogens (tertiary/aromatic N) is 1. The van der Waals surface area contributed by atoms with Crippen LogP contribution in [0.5, 0.6) is 0 Å². The van der Waals surface area contributed by atoms with Crippen molar-refractivity contribution in [3.8, 4) is 0 Å². The molecule has 0 spiro atoms. The predicted molar refractivity (Wildman–Crippen MR) is 77.1 cm³/mol. The molecule has 102 valence electrons. The fourth-order valence-electron chi connectivity index (χ4n) is 1.98. The van der Waals surface area contributed by atoms with E-state index in [2.05, 4.69) is 22.5 Å². The molecule has 1 aliphatic rings. The maximum Gasteiger partial charge on any atom is 0.256 e. The molecule has 0 fully saturated rings. The summed E-state index contributed by atoms with van der Waals surface area (Å²) in [6.45, 7) is 10.2. The van der Waals surface area contributed by atoms with Crippen molar-refractivity contribution in [1.29, 1.82) is 0 Å². The lowest BCUT2D eigenvalue weighted by atomic mass is 10.0. The van der Waals surface area contributed by atoms with Crippen LogP contribution in [0.25, 0.3) is 0 Å². The Labute approximate surface area is 114 Å². The molecule has 1 heterocycles. The van der Waals surface area contributed by atoms with Gasteiger partial charge >= 0.3 is 0 Å². The Morgan fingerprint density at radius 2 is 1.89 bits per heavy atom. The zero-order chi connectivity index (χ0) is 14.2. The number of guanidine groups is 1. The quantitative estimate of drug-likeness (QED) is 0.812. The standard InChI is InChI=1S/C15H21N3O/c1-9-6-7-11(8-10(9)2)12-13(19)17-14(16-12)18-15(3,4)5/h6-8,12H,1-5H3,(H2,16,17,18,19). The van der Waals surface area contributed by atoms with Crippen LogP contribution in [-0.2, 0) is 4.79 Å². The van der Waals surface area contributed by atoms with Crippen molar-refractivity contribution in [2.75, 3.05) is 0 Å². The zero-order valence-electron chi connectivity index (χ0n) is 12.2. The third-order valence-electron chi connectivity index (χ3n) is 3.09. The molecule has 0 aliphatic carbocycles. The molecule has 0 bridgehead atoms. The van der Waals surface area contributed by atoms with Crippen LogP contribution >= 0.6 is 0 Å². The summed E-state index contributed by atoms with van der Waals surface area (Å²) in [5.74, 6) is 0.482. The highest BCUT2D eigenvalue weighted by Crippen LogP contribution is 2.23. The van der Waals surface area contributed by atoms with E-state index in [-0.39, 0.29) is 11.4 Å². The molecule has 1 aliphatic heterocycles. The average molecular weight is 259 g/mol. The molecule has 0 aromatic heterocycles. The molecule has 1 aromatic rings. The van der Waals surface area contributed by atoms with Gasteiger partial charge in [0, 0.05) is 5.54 Å². The van der Waals surface area contributed by atoms with Crippen LogP contribution in [-0.4, -0.2) is 17.4 Å². The minimum absolute atomic E-state index is 0.0741. The van der Waals surface area contributed by atoms with E-state index in [0.717, 1.165) is 5.56 Å². The Hall–Kier alpha value is -1.84. The second kappa shape index (κ2) is 4.68. The van der Waals surface area contributed by atoms with E-state index in [1.165, 1.54) is 11.1 Å². The number of carbonyl (C=O) groups excluding carboxylic acids is 1. The van der Waals surface area contributed by atoms with Crippen LogP contribution in [0.4, 0.5) is 0 Å². The highest BCUT2D eigenvalue weighted by molar-refractivity contribution is 6.05. The van der Waals surface area contributed by atoms with Crippen LogP contribution in [0.15, 0.2) is 23.2 Å². The molecule has 1 unspecified atom stereocenters. The normalized spacial score (nSPS) is 19.1. The number of hydrogen-bond acceptors (Lipinski definition) is 3. The van der Waals surface area contributed by atoms with Gasteiger partial charge in [-0.3, -0.25) is 10.1 Å². The molecule has 0 saturated carbocycles. The van der Waals surface area contributed by atoms with Gasteiger partial charge in [0.25, 0.3) is 5.91 Å². The van der Waals surface area contributed by atoms with Crippen LogP contribution in [0.1, 0.15) is 43.5 Å². The predicted octanol–water partition coefficient (Wildman–Crippen LogP) is 2.22. The number of amides is 1. The number of nitrogens with one attached hydrogen (secondary N) is 2. The summed E-state index contributed by atoms with van der Waals surface area (Å²) in [5, 5.41) is 5.99. The third-order valence-corrected chi connectivity index (χ3v) is 3.09. The minimum atomic E-state index is -0.441. The van der Waals surface area contributed by atoms with Gasteiger partial charge in [-0.15, -0.1) is 0 Å². The molecule has 4 heteroatoms. The molecule has 0 radical (unpaired) electrons. The number of aryl methyl sites for hydroxylation is 2. The average Bonchev–Trinajstić information content (AvgIpc) is 2.61. The van der Waals surface area contributed by atoms with E-state index in [1.54, 1.807) is 0 Å². The Kier molecular flexibility index (Phi) is 3.35. The van der Waals surface area contributed by atoms with E-state index in [1.807, 2.05) is 45.9 Å². The first-order valence-corrected chi connectivity index (χ1v) is 6.50. The Morgan fingerprint density at radius 3 is 2.47 bits per heavy atom. The number of hydrogen-bond donors (Lipinski definition) is 2. The summed E-state index contributed by atoms with van der Waals surface area (Å²) in [5.41, 5.74) is 3.22. The topological polar surface area (TPSA) is 53.5 Å². The molecule has 4 nitrogen and oxygen atoms in total. The lowest BCUT2D eigenvalue weighted by Gasteiger charge is -2.21. The largest absolute Gasteiger partial charge is 0.351 e. The monoisotopic (exact) mass is 259 g/mol. The van der Waals surface area contributed by atoms with Gasteiger partial charge < -0.3 is 5.32 Å². The first-order chi connectivity index (χ1) is 8.76. The summed E-state index contributed by atoms with van der Waals surface area (Å²) in [7, 11) is 0. The molecule has 1 amide bonds. The van der Waals surface area contributed by atoms with Gasteiger partial charge in [0.1, 0.15) is 0 Å². The Morgan fingerprint density at radius 1 is 1.21 bits per heavy atom. The highest BCUT2D eigenvalue weighted by atomic mass is 16.2. The maximum absolute atomic E-state index is 12.0. The Bertz CT molecular complexity index is 541. The first kappa shape index (κ1) is 13.6. The van der Waals surface area contributed by atoms with Gasteiger partial charge in [-0.2, -0.15) is 0 Å². The lowest BCUT2D eigenvalue weighted by Crippen LogP contribution is -2.46. The van der Waals surface area contributed by atoms with E-state index in [0.29, 0.717) is 5.96 Å². The number of benzene rings is 1. The molecule has 2 rings (SSSR count). The van der Waals surface area contributed by atoms with Gasteiger partial charge in [0.2, 0.25) is 0 Å². The summed E-state index contributed by atoms with van der Waals surface area (Å²) in [6.07, 6.45) is 0. The lowest BCUT2D eigenvalue weighted by molar-refractivity contribution is -0.120. The highest BCUT2D eigenvalue weighted by Gasteiger charge is 2.29. The first-order valence-electron chi connectivity index (χ1n) is 6.50. The summed E-state index contributed by atoms with van der Waals surface area (Å²) in [6, 6.07) is 5.59. The van der Waals surface area contributed by atoms with Crippen molar-refractivity contribution in [3.63, 3.8) is 0 Å². The van der Waals surface area contributed by atoms with E-state index in [9.17, 15) is 4.79 Å². The van der Waals surface area contributed by atoms with Crippen molar-refractivity contribution < 1.29 is 4.79 Å². The van der Waals surface area contributed by atoms with Crippen molar-refractivity contribution in [2.45, 2.75) is 46.2 Å². The van der Waals surface area contributed by atoms with Crippen LogP contribution in [0, 0.1) is 13.8 Å². The molecule has 2 N–H and O–H groups in total. The minimum Gasteiger partial charge on any atom is -0.351 e. The van der Waals surface area contributed by atoms with Crippen LogP contribution < -0.4 is 10.6 Å². The van der Waals surface area contributed by atoms with Crippen molar-refractivity contribution in [3.05, 3.63) is 34.9 Å². The molecule has 19 heavy (non-hydrogen) atoms. The van der Waals surface area contributed by atoms with Crippen molar-refractivity contribution in [1.82, 2.24) is 10.6 Å². The van der Waals surface area contributed by atoms with E-state index >= 15 is 0 Å². The second-order valence-corrected chi connectivity index (χ2v) is 6.09. The fourth-order valence-corrected chi connectivity index (χ4v) is 1.98. The number of rotatable bonds is 1. The smallest absolute Gasteiger partial charge is 0.256 e. The van der Waals surface area contributed by atoms with E-state index in [4.69, 9.17) is 0 Å². The third kappa shape index (κ3) is 3.13. The summed E-state index contributed by atoms with van der Waals surface area (Å²) in [4.78, 5) is 16.4.